The third-order valence-corrected chi connectivity index (χ3v) is 1.65. The van der Waals surface area contributed by atoms with E-state index in [0.29, 0.717) is 6.54 Å². The van der Waals surface area contributed by atoms with Gasteiger partial charge in [-0.25, -0.2) is 0 Å². The second kappa shape index (κ2) is 5.77. The maximum absolute atomic E-state index is 10.6. The third-order valence-electron chi connectivity index (χ3n) is 1.65. The Bertz CT molecular complexity index is 155. The predicted octanol–water partition coefficient (Wildman–Crippen LogP) is 1.26. The lowest BCUT2D eigenvalue weighted by Crippen LogP contribution is -2.41. The van der Waals surface area contributed by atoms with E-state index in [0.717, 1.165) is 6.42 Å². The summed E-state index contributed by atoms with van der Waals surface area (Å²) in [4.78, 5) is 10.6. The van der Waals surface area contributed by atoms with Gasteiger partial charge in [0.1, 0.15) is 6.04 Å². The van der Waals surface area contributed by atoms with Crippen LogP contribution in [0.15, 0.2) is 12.7 Å². The highest BCUT2D eigenvalue weighted by Gasteiger charge is 2.19. The van der Waals surface area contributed by atoms with Gasteiger partial charge in [0.25, 0.3) is 0 Å². The minimum Gasteiger partial charge on any atom is -0.480 e. The van der Waals surface area contributed by atoms with Gasteiger partial charge in [-0.2, -0.15) is 0 Å². The van der Waals surface area contributed by atoms with Crippen LogP contribution in [0.4, 0.5) is 0 Å². The van der Waals surface area contributed by atoms with Crippen molar-refractivity contribution in [2.45, 2.75) is 26.3 Å². The van der Waals surface area contributed by atoms with Gasteiger partial charge in [-0.1, -0.05) is 19.9 Å². The van der Waals surface area contributed by atoms with Crippen LogP contribution in [0.2, 0.25) is 0 Å². The number of hydrogen-bond donors (Lipinski definition) is 2. The smallest absolute Gasteiger partial charge is 0.320 e. The standard InChI is InChI=1S/C9H17NO2/c1-4-5-6-10-8(7(2)3)9(11)12/h4,7-8,10H,1,5-6H2,2-3H3,(H,11,12). The summed E-state index contributed by atoms with van der Waals surface area (Å²) in [5.74, 6) is -0.665. The average Bonchev–Trinajstić information content (AvgIpc) is 1.96. The number of hydrogen-bond acceptors (Lipinski definition) is 2. The molecule has 1 atom stereocenters. The van der Waals surface area contributed by atoms with Crippen molar-refractivity contribution in [3.63, 3.8) is 0 Å². The molecule has 0 saturated heterocycles. The van der Waals surface area contributed by atoms with E-state index in [1.54, 1.807) is 6.08 Å². The molecule has 0 aromatic rings. The van der Waals surface area contributed by atoms with Gasteiger partial charge in [-0.05, 0) is 18.9 Å². The summed E-state index contributed by atoms with van der Waals surface area (Å²) in [7, 11) is 0. The molecular weight excluding hydrogens is 154 g/mol. The minimum absolute atomic E-state index is 0.118. The molecule has 0 aliphatic carbocycles. The second-order valence-corrected chi connectivity index (χ2v) is 3.09. The summed E-state index contributed by atoms with van der Waals surface area (Å²) in [6, 6.07) is -0.440. The van der Waals surface area contributed by atoms with Crippen molar-refractivity contribution >= 4 is 5.97 Å². The highest BCUT2D eigenvalue weighted by atomic mass is 16.4. The maximum Gasteiger partial charge on any atom is 0.320 e. The highest BCUT2D eigenvalue weighted by molar-refractivity contribution is 5.73. The Labute approximate surface area is 73.5 Å². The molecule has 0 bridgehead atoms. The molecule has 0 aromatic carbocycles. The molecule has 0 aliphatic heterocycles. The number of nitrogens with one attached hydrogen (secondary N) is 1. The van der Waals surface area contributed by atoms with E-state index in [4.69, 9.17) is 5.11 Å². The Morgan fingerprint density at radius 2 is 2.25 bits per heavy atom. The van der Waals surface area contributed by atoms with E-state index in [-0.39, 0.29) is 5.92 Å². The van der Waals surface area contributed by atoms with Crippen molar-refractivity contribution in [1.29, 1.82) is 0 Å². The summed E-state index contributed by atoms with van der Waals surface area (Å²) in [5, 5.41) is 11.7. The molecule has 3 heteroatoms. The van der Waals surface area contributed by atoms with Gasteiger partial charge in [0.05, 0.1) is 0 Å². The molecule has 12 heavy (non-hydrogen) atoms. The van der Waals surface area contributed by atoms with Gasteiger partial charge in [0.15, 0.2) is 0 Å². The summed E-state index contributed by atoms with van der Waals surface area (Å²) < 4.78 is 0. The second-order valence-electron chi connectivity index (χ2n) is 3.09. The van der Waals surface area contributed by atoms with Gasteiger partial charge in [0.2, 0.25) is 0 Å². The Morgan fingerprint density at radius 3 is 2.58 bits per heavy atom. The molecule has 0 rings (SSSR count). The molecule has 0 spiro atoms. The normalized spacial score (nSPS) is 12.9. The Kier molecular flexibility index (Phi) is 5.37. The molecule has 3 nitrogen and oxygen atoms in total. The predicted molar refractivity (Wildman–Crippen MR) is 49.1 cm³/mol. The Morgan fingerprint density at radius 1 is 1.67 bits per heavy atom. The molecule has 0 aliphatic rings. The highest BCUT2D eigenvalue weighted by Crippen LogP contribution is 2.01. The van der Waals surface area contributed by atoms with E-state index in [9.17, 15) is 4.79 Å². The van der Waals surface area contributed by atoms with Crippen LogP contribution in [-0.2, 0) is 4.79 Å². The van der Waals surface area contributed by atoms with Gasteiger partial charge >= 0.3 is 5.97 Å². The summed E-state index contributed by atoms with van der Waals surface area (Å²) in [6.07, 6.45) is 2.57. The Hall–Kier alpha value is -0.830. The number of aliphatic carboxylic acids is 1. The van der Waals surface area contributed by atoms with Crippen LogP contribution in [-0.4, -0.2) is 23.7 Å². The number of carboxylic acids is 1. The monoisotopic (exact) mass is 171 g/mol. The van der Waals surface area contributed by atoms with E-state index >= 15 is 0 Å². The van der Waals surface area contributed by atoms with Gasteiger partial charge in [-0.15, -0.1) is 6.58 Å². The number of carbonyl (C=O) groups is 1. The van der Waals surface area contributed by atoms with E-state index in [1.807, 2.05) is 13.8 Å². The molecule has 2 N–H and O–H groups in total. The van der Waals surface area contributed by atoms with Crippen molar-refractivity contribution < 1.29 is 9.90 Å². The number of carboxylic acid groups (broad SMARTS) is 1. The van der Waals surface area contributed by atoms with Crippen molar-refractivity contribution in [3.8, 4) is 0 Å². The maximum atomic E-state index is 10.6. The molecule has 0 fully saturated rings. The first-order valence-corrected chi connectivity index (χ1v) is 4.16. The van der Waals surface area contributed by atoms with Crippen LogP contribution in [0.3, 0.4) is 0 Å². The van der Waals surface area contributed by atoms with Crippen LogP contribution in [0.25, 0.3) is 0 Å². The van der Waals surface area contributed by atoms with Gasteiger partial charge in [-0.3, -0.25) is 4.79 Å². The van der Waals surface area contributed by atoms with Crippen LogP contribution >= 0.6 is 0 Å². The largest absolute Gasteiger partial charge is 0.480 e. The van der Waals surface area contributed by atoms with E-state index in [1.165, 1.54) is 0 Å². The zero-order chi connectivity index (χ0) is 9.56. The van der Waals surface area contributed by atoms with E-state index in [2.05, 4.69) is 11.9 Å². The zero-order valence-corrected chi connectivity index (χ0v) is 7.71. The topological polar surface area (TPSA) is 49.3 Å². The molecule has 0 radical (unpaired) electrons. The lowest BCUT2D eigenvalue weighted by molar-refractivity contribution is -0.140. The number of rotatable bonds is 6. The fourth-order valence-electron chi connectivity index (χ4n) is 0.949. The van der Waals surface area contributed by atoms with Crippen LogP contribution in [0, 0.1) is 5.92 Å². The Balaban J connectivity index is 3.79. The summed E-state index contributed by atoms with van der Waals surface area (Å²) >= 11 is 0. The molecule has 0 amide bonds. The molecule has 0 aromatic heterocycles. The lowest BCUT2D eigenvalue weighted by atomic mass is 10.0. The molecule has 0 heterocycles. The molecule has 0 saturated carbocycles. The first-order valence-electron chi connectivity index (χ1n) is 4.16. The van der Waals surface area contributed by atoms with Crippen LogP contribution < -0.4 is 5.32 Å². The minimum atomic E-state index is -0.783. The first kappa shape index (κ1) is 11.2. The van der Waals surface area contributed by atoms with Gasteiger partial charge < -0.3 is 10.4 Å². The zero-order valence-electron chi connectivity index (χ0n) is 7.71. The van der Waals surface area contributed by atoms with Crippen molar-refractivity contribution in [3.05, 3.63) is 12.7 Å². The SMILES string of the molecule is C=CCCNC(C(=O)O)C(C)C. The summed E-state index contributed by atoms with van der Waals surface area (Å²) in [6.45, 7) is 8.02. The lowest BCUT2D eigenvalue weighted by Gasteiger charge is -2.16. The average molecular weight is 171 g/mol. The molecule has 70 valence electrons. The van der Waals surface area contributed by atoms with Crippen molar-refractivity contribution in [2.75, 3.05) is 6.54 Å². The molecule has 1 unspecified atom stereocenters. The molecular formula is C9H17NO2. The van der Waals surface area contributed by atoms with Crippen molar-refractivity contribution in [2.24, 2.45) is 5.92 Å². The first-order chi connectivity index (χ1) is 5.59. The quantitative estimate of drug-likeness (QED) is 0.467. The third kappa shape index (κ3) is 4.13. The fourth-order valence-corrected chi connectivity index (χ4v) is 0.949. The van der Waals surface area contributed by atoms with E-state index < -0.39 is 12.0 Å². The van der Waals surface area contributed by atoms with Crippen LogP contribution in [0.5, 0.6) is 0 Å². The van der Waals surface area contributed by atoms with Gasteiger partial charge in [0, 0.05) is 0 Å². The van der Waals surface area contributed by atoms with Crippen molar-refractivity contribution in [1.82, 2.24) is 5.32 Å². The fraction of sp³-hybridized carbons (Fsp3) is 0.667. The van der Waals surface area contributed by atoms with Crippen LogP contribution in [0.1, 0.15) is 20.3 Å². The summed E-state index contributed by atoms with van der Waals surface area (Å²) in [5.41, 5.74) is 0.